The second kappa shape index (κ2) is 11.4. The molecule has 1 aromatic carbocycles. The van der Waals surface area contributed by atoms with E-state index in [9.17, 15) is 13.2 Å². The molecule has 9 heteroatoms. The SMILES string of the molecule is CCN(CCNC(N)=NCc1ccc(OC(F)(F)F)cc1)C(C)C.I. The number of ether oxygens (including phenoxy) is 1. The van der Waals surface area contributed by atoms with Crippen LogP contribution in [0.5, 0.6) is 5.75 Å². The summed E-state index contributed by atoms with van der Waals surface area (Å²) in [5, 5.41) is 3.03. The van der Waals surface area contributed by atoms with Crippen molar-refractivity contribution in [3.63, 3.8) is 0 Å². The van der Waals surface area contributed by atoms with Crippen molar-refractivity contribution in [1.29, 1.82) is 0 Å². The second-order valence-corrected chi connectivity index (χ2v) is 5.54. The molecule has 0 unspecified atom stereocenters. The average Bonchev–Trinajstić information content (AvgIpc) is 2.49. The second-order valence-electron chi connectivity index (χ2n) is 5.54. The molecule has 25 heavy (non-hydrogen) atoms. The number of hydrogen-bond acceptors (Lipinski definition) is 3. The van der Waals surface area contributed by atoms with Crippen LogP contribution < -0.4 is 15.8 Å². The molecule has 0 heterocycles. The van der Waals surface area contributed by atoms with E-state index in [0.29, 0.717) is 18.5 Å². The number of likely N-dealkylation sites (N-methyl/N-ethyl adjacent to an activating group) is 1. The highest BCUT2D eigenvalue weighted by Gasteiger charge is 2.30. The molecule has 0 saturated heterocycles. The van der Waals surface area contributed by atoms with E-state index in [1.807, 2.05) is 0 Å². The Kier molecular flexibility index (Phi) is 10.8. The molecule has 0 radical (unpaired) electrons. The van der Waals surface area contributed by atoms with Gasteiger partial charge in [0.2, 0.25) is 0 Å². The van der Waals surface area contributed by atoms with Crippen molar-refractivity contribution in [1.82, 2.24) is 10.2 Å². The van der Waals surface area contributed by atoms with Crippen LogP contribution in [0.15, 0.2) is 29.3 Å². The molecular weight excluding hydrogens is 448 g/mol. The van der Waals surface area contributed by atoms with Crippen LogP contribution in [0.1, 0.15) is 26.3 Å². The molecule has 144 valence electrons. The number of nitrogens with two attached hydrogens (primary N) is 1. The number of halogens is 4. The summed E-state index contributed by atoms with van der Waals surface area (Å²) in [7, 11) is 0. The molecular formula is C16H26F3IN4O. The van der Waals surface area contributed by atoms with Crippen LogP contribution in [0.3, 0.4) is 0 Å². The predicted octanol–water partition coefficient (Wildman–Crippen LogP) is 3.34. The van der Waals surface area contributed by atoms with Gasteiger partial charge in [0.15, 0.2) is 5.96 Å². The Hall–Kier alpha value is -1.23. The molecule has 0 aliphatic rings. The largest absolute Gasteiger partial charge is 0.573 e. The standard InChI is InChI=1S/C16H25F3N4O.HI/c1-4-23(12(2)3)10-9-21-15(20)22-11-13-5-7-14(8-6-13)24-16(17,18)19;/h5-8,12H,4,9-11H2,1-3H3,(H3,20,21,22);1H. The molecule has 0 atom stereocenters. The predicted molar refractivity (Wildman–Crippen MR) is 104 cm³/mol. The van der Waals surface area contributed by atoms with Crippen molar-refractivity contribution < 1.29 is 17.9 Å². The first kappa shape index (κ1) is 23.8. The number of nitrogens with zero attached hydrogens (tertiary/aromatic N) is 2. The van der Waals surface area contributed by atoms with E-state index in [1.165, 1.54) is 24.3 Å². The van der Waals surface area contributed by atoms with E-state index >= 15 is 0 Å². The van der Waals surface area contributed by atoms with Crippen LogP contribution in [0.2, 0.25) is 0 Å². The molecule has 1 aromatic rings. The summed E-state index contributed by atoms with van der Waals surface area (Å²) in [5.41, 5.74) is 6.53. The number of alkyl halides is 3. The molecule has 0 aliphatic carbocycles. The maximum atomic E-state index is 12.1. The van der Waals surface area contributed by atoms with Crippen molar-refractivity contribution in [2.24, 2.45) is 10.7 Å². The Balaban J connectivity index is 0.00000576. The fourth-order valence-corrected chi connectivity index (χ4v) is 2.14. The summed E-state index contributed by atoms with van der Waals surface area (Å²) >= 11 is 0. The van der Waals surface area contributed by atoms with Gasteiger partial charge in [-0.25, -0.2) is 4.99 Å². The van der Waals surface area contributed by atoms with Gasteiger partial charge in [-0.1, -0.05) is 19.1 Å². The summed E-state index contributed by atoms with van der Waals surface area (Å²) in [6.45, 7) is 9.15. The number of nitrogens with one attached hydrogen (secondary N) is 1. The number of aliphatic imine (C=N–C) groups is 1. The monoisotopic (exact) mass is 474 g/mol. The van der Waals surface area contributed by atoms with Gasteiger partial charge in [-0.15, -0.1) is 37.1 Å². The topological polar surface area (TPSA) is 62.9 Å². The van der Waals surface area contributed by atoms with E-state index in [0.717, 1.165) is 18.7 Å². The lowest BCUT2D eigenvalue weighted by Gasteiger charge is -2.24. The molecule has 3 N–H and O–H groups in total. The molecule has 5 nitrogen and oxygen atoms in total. The van der Waals surface area contributed by atoms with Crippen LogP contribution in [-0.2, 0) is 6.54 Å². The zero-order chi connectivity index (χ0) is 18.2. The van der Waals surface area contributed by atoms with Gasteiger partial charge in [-0.05, 0) is 38.1 Å². The molecule has 0 aliphatic heterocycles. The van der Waals surface area contributed by atoms with Crippen LogP contribution in [0.4, 0.5) is 13.2 Å². The third-order valence-corrected chi connectivity index (χ3v) is 3.43. The van der Waals surface area contributed by atoms with Gasteiger partial charge >= 0.3 is 6.36 Å². The quantitative estimate of drug-likeness (QED) is 0.345. The Morgan fingerprint density at radius 3 is 2.36 bits per heavy atom. The number of guanidine groups is 1. The maximum Gasteiger partial charge on any atom is 0.573 e. The molecule has 1 rings (SSSR count). The highest BCUT2D eigenvalue weighted by molar-refractivity contribution is 14.0. The zero-order valence-electron chi connectivity index (χ0n) is 14.6. The van der Waals surface area contributed by atoms with E-state index < -0.39 is 6.36 Å². The molecule has 0 aromatic heterocycles. The van der Waals surface area contributed by atoms with Crippen molar-refractivity contribution in [3.8, 4) is 5.75 Å². The molecule has 0 amide bonds. The summed E-state index contributed by atoms with van der Waals surface area (Å²) in [5.74, 6) is 0.0556. The van der Waals surface area contributed by atoms with Crippen molar-refractivity contribution in [3.05, 3.63) is 29.8 Å². The summed E-state index contributed by atoms with van der Waals surface area (Å²) in [6, 6.07) is 6.02. The lowest BCUT2D eigenvalue weighted by Crippen LogP contribution is -2.40. The number of benzene rings is 1. The van der Waals surface area contributed by atoms with Crippen LogP contribution in [0, 0.1) is 0 Å². The lowest BCUT2D eigenvalue weighted by atomic mass is 10.2. The fraction of sp³-hybridized carbons (Fsp3) is 0.562. The third-order valence-electron chi connectivity index (χ3n) is 3.43. The molecule has 0 fully saturated rings. The Bertz CT molecular complexity index is 521. The minimum Gasteiger partial charge on any atom is -0.406 e. The number of hydrogen-bond donors (Lipinski definition) is 2. The fourth-order valence-electron chi connectivity index (χ4n) is 2.14. The maximum absolute atomic E-state index is 12.1. The molecule has 0 saturated carbocycles. The Labute approximate surface area is 163 Å². The third kappa shape index (κ3) is 10.4. The summed E-state index contributed by atoms with van der Waals surface area (Å²) in [4.78, 5) is 6.46. The summed E-state index contributed by atoms with van der Waals surface area (Å²) in [6.07, 6.45) is -4.68. The van der Waals surface area contributed by atoms with E-state index in [-0.39, 0.29) is 36.3 Å². The van der Waals surface area contributed by atoms with E-state index in [1.54, 1.807) is 0 Å². The van der Waals surface area contributed by atoms with Gasteiger partial charge in [-0.2, -0.15) is 0 Å². The normalized spacial score (nSPS) is 12.2. The van der Waals surface area contributed by atoms with Gasteiger partial charge in [0, 0.05) is 19.1 Å². The van der Waals surface area contributed by atoms with Gasteiger partial charge < -0.3 is 15.8 Å². The Morgan fingerprint density at radius 2 is 1.88 bits per heavy atom. The molecule has 0 bridgehead atoms. The molecule has 0 spiro atoms. The lowest BCUT2D eigenvalue weighted by molar-refractivity contribution is -0.274. The van der Waals surface area contributed by atoms with Gasteiger partial charge in [-0.3, -0.25) is 4.90 Å². The summed E-state index contributed by atoms with van der Waals surface area (Å²) < 4.78 is 40.0. The van der Waals surface area contributed by atoms with Crippen molar-refractivity contribution in [2.75, 3.05) is 19.6 Å². The van der Waals surface area contributed by atoms with Crippen LogP contribution in [0.25, 0.3) is 0 Å². The smallest absolute Gasteiger partial charge is 0.406 e. The minimum atomic E-state index is -4.68. The van der Waals surface area contributed by atoms with E-state index in [2.05, 4.69) is 40.7 Å². The highest BCUT2D eigenvalue weighted by atomic mass is 127. The highest BCUT2D eigenvalue weighted by Crippen LogP contribution is 2.22. The minimum absolute atomic E-state index is 0. The van der Waals surface area contributed by atoms with Crippen LogP contribution >= 0.6 is 24.0 Å². The zero-order valence-corrected chi connectivity index (χ0v) is 17.0. The first-order valence-electron chi connectivity index (χ1n) is 7.83. The van der Waals surface area contributed by atoms with Gasteiger partial charge in [0.25, 0.3) is 0 Å². The van der Waals surface area contributed by atoms with Gasteiger partial charge in [0.1, 0.15) is 5.75 Å². The average molecular weight is 474 g/mol. The van der Waals surface area contributed by atoms with Crippen molar-refractivity contribution in [2.45, 2.75) is 39.7 Å². The van der Waals surface area contributed by atoms with E-state index in [4.69, 9.17) is 5.73 Å². The number of rotatable bonds is 8. The van der Waals surface area contributed by atoms with Gasteiger partial charge in [0.05, 0.1) is 6.54 Å². The first-order valence-corrected chi connectivity index (χ1v) is 7.83. The van der Waals surface area contributed by atoms with Crippen molar-refractivity contribution >= 4 is 29.9 Å². The Morgan fingerprint density at radius 1 is 1.28 bits per heavy atom. The first-order chi connectivity index (χ1) is 11.2. The van der Waals surface area contributed by atoms with Crippen LogP contribution in [-0.4, -0.2) is 42.9 Å².